The minimum absolute atomic E-state index is 1.07. The number of benzene rings is 1. The fraction of sp³-hybridized carbons (Fsp3) is 0.400. The molecule has 0 amide bonds. The molecule has 0 spiro atoms. The zero-order valence-corrected chi connectivity index (χ0v) is 8.59. The molecule has 1 atom stereocenters. The smallest absolute Gasteiger partial charge is 0.0123 e. The third-order valence-corrected chi connectivity index (χ3v) is 2.45. The molecule has 0 nitrogen and oxygen atoms in total. The van der Waals surface area contributed by atoms with Crippen molar-refractivity contribution in [2.75, 3.05) is 0 Å². The maximum atomic E-state index is 2.78. The van der Waals surface area contributed by atoms with Crippen LogP contribution in [0.3, 0.4) is 0 Å². The summed E-state index contributed by atoms with van der Waals surface area (Å²) < 4.78 is 0. The van der Waals surface area contributed by atoms with E-state index in [1.807, 2.05) is 0 Å². The Kier molecular flexibility index (Phi) is 2.67. The van der Waals surface area contributed by atoms with Crippen molar-refractivity contribution in [1.82, 2.24) is 0 Å². The molecule has 60 valence electrons. The van der Waals surface area contributed by atoms with E-state index < -0.39 is 0 Å². The lowest BCUT2D eigenvalue weighted by atomic mass is 10.0. The molecule has 0 radical (unpaired) electrons. The molecule has 0 bridgehead atoms. The second-order valence-electron chi connectivity index (χ2n) is 3.08. The van der Waals surface area contributed by atoms with E-state index >= 15 is 0 Å². The van der Waals surface area contributed by atoms with E-state index in [2.05, 4.69) is 42.1 Å². The largest absolute Gasteiger partial charge is 0.133 e. The van der Waals surface area contributed by atoms with Crippen LogP contribution in [0, 0.1) is 20.8 Å². The van der Waals surface area contributed by atoms with Gasteiger partial charge in [-0.05, 0) is 43.6 Å². The van der Waals surface area contributed by atoms with Crippen molar-refractivity contribution >= 4 is 9.24 Å². The Hall–Kier alpha value is -0.350. The first kappa shape index (κ1) is 8.74. The Morgan fingerprint density at radius 3 is 1.91 bits per heavy atom. The predicted molar refractivity (Wildman–Crippen MR) is 54.1 cm³/mol. The molecule has 1 aromatic carbocycles. The monoisotopic (exact) mass is 166 g/mol. The normalized spacial score (nSPS) is 10.2. The van der Waals surface area contributed by atoms with E-state index in [0.29, 0.717) is 0 Å². The van der Waals surface area contributed by atoms with Gasteiger partial charge in [-0.15, -0.1) is 9.24 Å². The van der Waals surface area contributed by atoms with E-state index in [0.717, 1.165) is 6.16 Å². The molecule has 0 aliphatic carbocycles. The Morgan fingerprint density at radius 2 is 1.55 bits per heavy atom. The average Bonchev–Trinajstić information content (AvgIpc) is 1.85. The van der Waals surface area contributed by atoms with Crippen LogP contribution in [0.25, 0.3) is 0 Å². The van der Waals surface area contributed by atoms with Crippen LogP contribution in [0.4, 0.5) is 0 Å². The molecule has 0 heterocycles. The molecule has 0 fully saturated rings. The van der Waals surface area contributed by atoms with Crippen LogP contribution >= 0.6 is 9.24 Å². The molecule has 1 heteroatoms. The summed E-state index contributed by atoms with van der Waals surface area (Å²) in [5.41, 5.74) is 5.66. The Morgan fingerprint density at radius 1 is 1.09 bits per heavy atom. The summed E-state index contributed by atoms with van der Waals surface area (Å²) in [6.45, 7) is 6.51. The highest BCUT2D eigenvalue weighted by molar-refractivity contribution is 7.15. The van der Waals surface area contributed by atoms with Gasteiger partial charge < -0.3 is 0 Å². The average molecular weight is 166 g/mol. The van der Waals surface area contributed by atoms with Gasteiger partial charge in [0.25, 0.3) is 0 Å². The molecule has 1 aromatic rings. The molecule has 0 N–H and O–H groups in total. The summed E-state index contributed by atoms with van der Waals surface area (Å²) in [5, 5.41) is 0. The fourth-order valence-electron chi connectivity index (χ4n) is 1.53. The third kappa shape index (κ3) is 1.81. The Bertz CT molecular complexity index is 241. The molecule has 0 aliphatic rings. The summed E-state index contributed by atoms with van der Waals surface area (Å²) >= 11 is 0. The molecule has 1 rings (SSSR count). The fourth-order valence-corrected chi connectivity index (χ4v) is 2.18. The van der Waals surface area contributed by atoms with E-state index in [-0.39, 0.29) is 0 Å². The van der Waals surface area contributed by atoms with Crippen molar-refractivity contribution < 1.29 is 0 Å². The van der Waals surface area contributed by atoms with Crippen LogP contribution in [-0.2, 0) is 6.16 Å². The van der Waals surface area contributed by atoms with E-state index in [1.54, 1.807) is 0 Å². The molecule has 0 aromatic heterocycles. The summed E-state index contributed by atoms with van der Waals surface area (Å²) in [7, 11) is 2.78. The number of hydrogen-bond acceptors (Lipinski definition) is 0. The van der Waals surface area contributed by atoms with Gasteiger partial charge in [-0.1, -0.05) is 17.7 Å². The van der Waals surface area contributed by atoms with Gasteiger partial charge in [0.1, 0.15) is 0 Å². The summed E-state index contributed by atoms with van der Waals surface area (Å²) in [6, 6.07) is 4.48. The molecule has 0 saturated carbocycles. The van der Waals surface area contributed by atoms with Crippen LogP contribution < -0.4 is 0 Å². The minimum atomic E-state index is 1.07. The predicted octanol–water partition coefficient (Wildman–Crippen LogP) is 2.99. The first-order valence-corrected chi connectivity index (χ1v) is 4.73. The van der Waals surface area contributed by atoms with Crippen molar-refractivity contribution in [1.29, 1.82) is 0 Å². The standard InChI is InChI=1S/C10H15P/c1-7-4-8(2)10(6-11)9(3)5-7/h4-5H,6,11H2,1-3H3. The van der Waals surface area contributed by atoms with Crippen LogP contribution in [0.2, 0.25) is 0 Å². The zero-order valence-electron chi connectivity index (χ0n) is 7.44. The number of rotatable bonds is 1. The molecule has 0 aliphatic heterocycles. The van der Waals surface area contributed by atoms with E-state index in [1.165, 1.54) is 22.3 Å². The highest BCUT2D eigenvalue weighted by Crippen LogP contribution is 2.18. The molecule has 0 saturated heterocycles. The van der Waals surface area contributed by atoms with E-state index in [4.69, 9.17) is 0 Å². The van der Waals surface area contributed by atoms with Crippen molar-refractivity contribution in [3.8, 4) is 0 Å². The van der Waals surface area contributed by atoms with Gasteiger partial charge in [-0.3, -0.25) is 0 Å². The Labute approximate surface area is 71.2 Å². The van der Waals surface area contributed by atoms with Gasteiger partial charge in [-0.25, -0.2) is 0 Å². The first-order valence-electron chi connectivity index (χ1n) is 3.92. The highest BCUT2D eigenvalue weighted by Gasteiger charge is 1.99. The number of aryl methyl sites for hydroxylation is 3. The summed E-state index contributed by atoms with van der Waals surface area (Å²) in [5.74, 6) is 0. The number of hydrogen-bond donors (Lipinski definition) is 0. The third-order valence-electron chi connectivity index (χ3n) is 2.04. The molecular weight excluding hydrogens is 151 g/mol. The SMILES string of the molecule is Cc1cc(C)c(CP)c(C)c1. The molecule has 11 heavy (non-hydrogen) atoms. The lowest BCUT2D eigenvalue weighted by molar-refractivity contribution is 1.21. The lowest BCUT2D eigenvalue weighted by Gasteiger charge is -2.07. The zero-order chi connectivity index (χ0) is 8.43. The second kappa shape index (κ2) is 3.36. The van der Waals surface area contributed by atoms with Crippen molar-refractivity contribution in [2.45, 2.75) is 26.9 Å². The first-order chi connectivity index (χ1) is 5.15. The highest BCUT2D eigenvalue weighted by atomic mass is 31.0. The van der Waals surface area contributed by atoms with Gasteiger partial charge in [0, 0.05) is 0 Å². The van der Waals surface area contributed by atoms with Crippen molar-refractivity contribution in [2.24, 2.45) is 0 Å². The van der Waals surface area contributed by atoms with Gasteiger partial charge in [-0.2, -0.15) is 0 Å². The van der Waals surface area contributed by atoms with Crippen LogP contribution in [-0.4, -0.2) is 0 Å². The van der Waals surface area contributed by atoms with Crippen LogP contribution in [0.1, 0.15) is 22.3 Å². The van der Waals surface area contributed by atoms with Crippen LogP contribution in [0.5, 0.6) is 0 Å². The molecular formula is C10H15P. The maximum absolute atomic E-state index is 2.78. The minimum Gasteiger partial charge on any atom is -0.133 e. The van der Waals surface area contributed by atoms with Gasteiger partial charge in [0.15, 0.2) is 0 Å². The summed E-state index contributed by atoms with van der Waals surface area (Å²) in [6.07, 6.45) is 1.07. The second-order valence-corrected chi connectivity index (χ2v) is 3.49. The quantitative estimate of drug-likeness (QED) is 0.562. The molecule has 1 unspecified atom stereocenters. The summed E-state index contributed by atoms with van der Waals surface area (Å²) in [4.78, 5) is 0. The van der Waals surface area contributed by atoms with Crippen molar-refractivity contribution in [3.63, 3.8) is 0 Å². The topological polar surface area (TPSA) is 0 Å². The van der Waals surface area contributed by atoms with E-state index in [9.17, 15) is 0 Å². The van der Waals surface area contributed by atoms with Crippen LogP contribution in [0.15, 0.2) is 12.1 Å². The lowest BCUT2D eigenvalue weighted by Crippen LogP contribution is -1.90. The Balaban J connectivity index is 3.25. The van der Waals surface area contributed by atoms with Gasteiger partial charge >= 0.3 is 0 Å². The van der Waals surface area contributed by atoms with Crippen molar-refractivity contribution in [3.05, 3.63) is 34.4 Å². The maximum Gasteiger partial charge on any atom is -0.0123 e. The van der Waals surface area contributed by atoms with Gasteiger partial charge in [0.05, 0.1) is 0 Å². The van der Waals surface area contributed by atoms with Gasteiger partial charge in [0.2, 0.25) is 0 Å².